The molecule has 1 aliphatic rings. The fraction of sp³-hybridized carbons (Fsp3) is 0.600. The molecule has 1 unspecified atom stereocenters. The van der Waals surface area contributed by atoms with Crippen molar-refractivity contribution in [3.63, 3.8) is 0 Å². The van der Waals surface area contributed by atoms with Gasteiger partial charge in [0.2, 0.25) is 5.91 Å². The van der Waals surface area contributed by atoms with Crippen molar-refractivity contribution >= 4 is 5.91 Å². The summed E-state index contributed by atoms with van der Waals surface area (Å²) in [6.07, 6.45) is 3.61. The van der Waals surface area contributed by atoms with Crippen molar-refractivity contribution < 1.29 is 9.53 Å². The molecule has 5 heteroatoms. The van der Waals surface area contributed by atoms with Crippen LogP contribution < -0.4 is 0 Å². The van der Waals surface area contributed by atoms with Crippen LogP contribution >= 0.6 is 0 Å². The van der Waals surface area contributed by atoms with Gasteiger partial charge in [0.05, 0.1) is 12.7 Å². The third-order valence-electron chi connectivity index (χ3n) is 2.45. The predicted molar refractivity (Wildman–Crippen MR) is 54.2 cm³/mol. The minimum atomic E-state index is 0.105. The summed E-state index contributed by atoms with van der Waals surface area (Å²) in [4.78, 5) is 13.6. The van der Waals surface area contributed by atoms with Gasteiger partial charge in [0, 0.05) is 25.5 Å². The molecular formula is C10H15N3O2. The second-order valence-corrected chi connectivity index (χ2v) is 3.72. The second kappa shape index (κ2) is 4.44. The molecule has 1 saturated heterocycles. The first-order valence-corrected chi connectivity index (χ1v) is 5.12. The molecule has 0 radical (unpaired) electrons. The first kappa shape index (κ1) is 10.2. The van der Waals surface area contributed by atoms with Crippen LogP contribution in [0, 0.1) is 0 Å². The van der Waals surface area contributed by atoms with E-state index in [4.69, 9.17) is 4.74 Å². The number of aromatic nitrogens is 2. The molecule has 2 rings (SSSR count). The van der Waals surface area contributed by atoms with Crippen LogP contribution in [-0.2, 0) is 16.1 Å². The Bertz CT molecular complexity index is 323. The van der Waals surface area contributed by atoms with E-state index in [1.54, 1.807) is 17.1 Å². The lowest BCUT2D eigenvalue weighted by Crippen LogP contribution is -2.45. The van der Waals surface area contributed by atoms with Crippen LogP contribution in [-0.4, -0.2) is 46.4 Å². The minimum Gasteiger partial charge on any atom is -0.375 e. The summed E-state index contributed by atoms with van der Waals surface area (Å²) in [6.45, 7) is 4.30. The Balaban J connectivity index is 1.90. The van der Waals surface area contributed by atoms with Crippen molar-refractivity contribution in [2.24, 2.45) is 0 Å². The zero-order chi connectivity index (χ0) is 10.7. The van der Waals surface area contributed by atoms with Gasteiger partial charge in [-0.25, -0.2) is 0 Å². The number of nitrogens with zero attached hydrogens (tertiary/aromatic N) is 3. The molecule has 82 valence electrons. The average molecular weight is 209 g/mol. The predicted octanol–water partition coefficient (Wildman–Crippen LogP) is 0.130. The second-order valence-electron chi connectivity index (χ2n) is 3.72. The maximum Gasteiger partial charge on any atom is 0.244 e. The number of rotatable bonds is 2. The van der Waals surface area contributed by atoms with Crippen LogP contribution in [0.3, 0.4) is 0 Å². The molecule has 15 heavy (non-hydrogen) atoms. The van der Waals surface area contributed by atoms with Gasteiger partial charge in [0.1, 0.15) is 6.54 Å². The zero-order valence-corrected chi connectivity index (χ0v) is 8.80. The van der Waals surface area contributed by atoms with Gasteiger partial charge < -0.3 is 9.64 Å². The fourth-order valence-corrected chi connectivity index (χ4v) is 1.68. The Labute approximate surface area is 88.6 Å². The smallest absolute Gasteiger partial charge is 0.244 e. The number of morpholine rings is 1. The number of amides is 1. The molecule has 1 aliphatic heterocycles. The third kappa shape index (κ3) is 2.56. The molecule has 1 atom stereocenters. The molecule has 0 aliphatic carbocycles. The minimum absolute atomic E-state index is 0.105. The van der Waals surface area contributed by atoms with Crippen LogP contribution in [0.25, 0.3) is 0 Å². The third-order valence-corrected chi connectivity index (χ3v) is 2.45. The number of hydrogen-bond donors (Lipinski definition) is 0. The van der Waals surface area contributed by atoms with Crippen molar-refractivity contribution in [3.8, 4) is 0 Å². The highest BCUT2D eigenvalue weighted by atomic mass is 16.5. The van der Waals surface area contributed by atoms with E-state index < -0.39 is 0 Å². The Morgan fingerprint density at radius 3 is 3.20 bits per heavy atom. The van der Waals surface area contributed by atoms with Crippen molar-refractivity contribution in [1.82, 2.24) is 14.7 Å². The van der Waals surface area contributed by atoms with Gasteiger partial charge in [-0.3, -0.25) is 9.48 Å². The summed E-state index contributed by atoms with van der Waals surface area (Å²) in [7, 11) is 0. The lowest BCUT2D eigenvalue weighted by molar-refractivity contribution is -0.138. The highest BCUT2D eigenvalue weighted by Crippen LogP contribution is 2.05. The monoisotopic (exact) mass is 209 g/mol. The Kier molecular flexibility index (Phi) is 3.01. The molecule has 0 bridgehead atoms. The molecule has 0 aromatic carbocycles. The van der Waals surface area contributed by atoms with E-state index in [1.807, 2.05) is 17.9 Å². The summed E-state index contributed by atoms with van der Waals surface area (Å²) < 4.78 is 7.02. The summed E-state index contributed by atoms with van der Waals surface area (Å²) in [5, 5.41) is 4.01. The van der Waals surface area contributed by atoms with E-state index in [0.29, 0.717) is 26.2 Å². The van der Waals surface area contributed by atoms with Crippen molar-refractivity contribution in [2.75, 3.05) is 19.7 Å². The molecule has 1 fully saturated rings. The molecule has 0 spiro atoms. The van der Waals surface area contributed by atoms with E-state index in [2.05, 4.69) is 5.10 Å². The van der Waals surface area contributed by atoms with Gasteiger partial charge in [-0.2, -0.15) is 5.10 Å². The normalized spacial score (nSPS) is 21.7. The number of carbonyl (C=O) groups excluding carboxylic acids is 1. The number of hydrogen-bond acceptors (Lipinski definition) is 3. The maximum absolute atomic E-state index is 11.8. The summed E-state index contributed by atoms with van der Waals surface area (Å²) in [6, 6.07) is 1.81. The SMILES string of the molecule is CC1CN(C(=O)Cn2cccn2)CCO1. The molecule has 1 aromatic rings. The van der Waals surface area contributed by atoms with Gasteiger partial charge in [-0.15, -0.1) is 0 Å². The van der Waals surface area contributed by atoms with Gasteiger partial charge in [-0.1, -0.05) is 0 Å². The van der Waals surface area contributed by atoms with E-state index in [1.165, 1.54) is 0 Å². The highest BCUT2D eigenvalue weighted by Gasteiger charge is 2.21. The maximum atomic E-state index is 11.8. The summed E-state index contributed by atoms with van der Waals surface area (Å²) in [5.74, 6) is 0.105. The highest BCUT2D eigenvalue weighted by molar-refractivity contribution is 5.76. The van der Waals surface area contributed by atoms with Crippen molar-refractivity contribution in [1.29, 1.82) is 0 Å². The van der Waals surface area contributed by atoms with Crippen LogP contribution in [0.2, 0.25) is 0 Å². The van der Waals surface area contributed by atoms with Gasteiger partial charge >= 0.3 is 0 Å². The molecular weight excluding hydrogens is 194 g/mol. The molecule has 5 nitrogen and oxygen atoms in total. The molecule has 1 amide bonds. The quantitative estimate of drug-likeness (QED) is 0.695. The van der Waals surface area contributed by atoms with Crippen molar-refractivity contribution in [3.05, 3.63) is 18.5 Å². The first-order valence-electron chi connectivity index (χ1n) is 5.12. The first-order chi connectivity index (χ1) is 7.25. The average Bonchev–Trinajstić information content (AvgIpc) is 2.70. The van der Waals surface area contributed by atoms with E-state index >= 15 is 0 Å². The Hall–Kier alpha value is -1.36. The van der Waals surface area contributed by atoms with Crippen molar-refractivity contribution in [2.45, 2.75) is 19.6 Å². The van der Waals surface area contributed by atoms with E-state index in [9.17, 15) is 4.79 Å². The van der Waals surface area contributed by atoms with Crippen LogP contribution in [0.1, 0.15) is 6.92 Å². The van der Waals surface area contributed by atoms with Crippen LogP contribution in [0.5, 0.6) is 0 Å². The molecule has 0 N–H and O–H groups in total. The lowest BCUT2D eigenvalue weighted by atomic mass is 10.3. The molecule has 2 heterocycles. The van der Waals surface area contributed by atoms with Gasteiger partial charge in [-0.05, 0) is 13.0 Å². The Morgan fingerprint density at radius 2 is 2.53 bits per heavy atom. The largest absolute Gasteiger partial charge is 0.375 e. The van der Waals surface area contributed by atoms with Gasteiger partial charge in [0.25, 0.3) is 0 Å². The van der Waals surface area contributed by atoms with Crippen LogP contribution in [0.15, 0.2) is 18.5 Å². The van der Waals surface area contributed by atoms with Crippen LogP contribution in [0.4, 0.5) is 0 Å². The Morgan fingerprint density at radius 1 is 1.67 bits per heavy atom. The molecule has 1 aromatic heterocycles. The summed E-state index contributed by atoms with van der Waals surface area (Å²) in [5.41, 5.74) is 0. The van der Waals surface area contributed by atoms with E-state index in [-0.39, 0.29) is 12.0 Å². The van der Waals surface area contributed by atoms with Gasteiger partial charge in [0.15, 0.2) is 0 Å². The molecule has 0 saturated carbocycles. The summed E-state index contributed by atoms with van der Waals surface area (Å²) >= 11 is 0. The van der Waals surface area contributed by atoms with E-state index in [0.717, 1.165) is 0 Å². The fourth-order valence-electron chi connectivity index (χ4n) is 1.68. The lowest BCUT2D eigenvalue weighted by Gasteiger charge is -2.31. The topological polar surface area (TPSA) is 47.4 Å². The number of ether oxygens (including phenoxy) is 1. The number of carbonyl (C=O) groups is 1. The zero-order valence-electron chi connectivity index (χ0n) is 8.80. The standard InChI is InChI=1S/C10H15N3O2/c1-9-7-12(5-6-15-9)10(14)8-13-4-2-3-11-13/h2-4,9H,5-8H2,1H3.